The highest BCUT2D eigenvalue weighted by Crippen LogP contribution is 2.26. The molecule has 1 aliphatic rings. The van der Waals surface area contributed by atoms with Gasteiger partial charge < -0.3 is 16.4 Å². The Hall–Kier alpha value is -1.26. The third kappa shape index (κ3) is 4.20. The number of amidine groups is 1. The van der Waals surface area contributed by atoms with Gasteiger partial charge in [0.15, 0.2) is 0 Å². The number of carbonyl (C=O) groups excluding carboxylic acids is 1. The SMILES string of the molecule is CCCCNC(=O)NC1(C(=N)N)CCCCCC1. The summed E-state index contributed by atoms with van der Waals surface area (Å²) in [6.45, 7) is 2.76. The van der Waals surface area contributed by atoms with Gasteiger partial charge in [0.1, 0.15) is 5.84 Å². The van der Waals surface area contributed by atoms with Crippen LogP contribution in [0.4, 0.5) is 4.79 Å². The van der Waals surface area contributed by atoms with Gasteiger partial charge in [0, 0.05) is 6.54 Å². The van der Waals surface area contributed by atoms with E-state index < -0.39 is 5.54 Å². The van der Waals surface area contributed by atoms with E-state index in [0.29, 0.717) is 6.54 Å². The zero-order valence-corrected chi connectivity index (χ0v) is 11.3. The molecule has 0 atom stereocenters. The second kappa shape index (κ2) is 7.24. The van der Waals surface area contributed by atoms with Gasteiger partial charge in [-0.25, -0.2) is 4.79 Å². The minimum Gasteiger partial charge on any atom is -0.386 e. The largest absolute Gasteiger partial charge is 0.386 e. The molecule has 2 amide bonds. The van der Waals surface area contributed by atoms with Crippen molar-refractivity contribution in [2.75, 3.05) is 6.54 Å². The molecule has 0 aromatic rings. The molecule has 18 heavy (non-hydrogen) atoms. The molecule has 5 heteroatoms. The molecule has 0 heterocycles. The van der Waals surface area contributed by atoms with Crippen LogP contribution in [-0.2, 0) is 0 Å². The van der Waals surface area contributed by atoms with Gasteiger partial charge in [-0.15, -0.1) is 0 Å². The van der Waals surface area contributed by atoms with Crippen LogP contribution in [0.15, 0.2) is 0 Å². The maximum Gasteiger partial charge on any atom is 0.315 e. The van der Waals surface area contributed by atoms with Crippen LogP contribution in [0.25, 0.3) is 0 Å². The van der Waals surface area contributed by atoms with Crippen LogP contribution in [0.3, 0.4) is 0 Å². The van der Waals surface area contributed by atoms with Crippen molar-refractivity contribution in [1.82, 2.24) is 10.6 Å². The van der Waals surface area contributed by atoms with E-state index in [0.717, 1.165) is 51.4 Å². The molecule has 1 saturated carbocycles. The summed E-state index contributed by atoms with van der Waals surface area (Å²) in [5, 5.41) is 13.5. The molecule has 1 rings (SSSR count). The second-order valence-electron chi connectivity index (χ2n) is 5.14. The lowest BCUT2D eigenvalue weighted by atomic mass is 9.89. The molecule has 0 aliphatic heterocycles. The summed E-state index contributed by atoms with van der Waals surface area (Å²) < 4.78 is 0. The molecule has 0 bridgehead atoms. The van der Waals surface area contributed by atoms with Crippen molar-refractivity contribution in [2.24, 2.45) is 5.73 Å². The minimum atomic E-state index is -0.618. The summed E-state index contributed by atoms with van der Waals surface area (Å²) >= 11 is 0. The van der Waals surface area contributed by atoms with E-state index in [1.807, 2.05) is 0 Å². The lowest BCUT2D eigenvalue weighted by Crippen LogP contribution is -2.59. The first kappa shape index (κ1) is 14.8. The zero-order chi connectivity index (χ0) is 13.4. The van der Waals surface area contributed by atoms with Crippen LogP contribution in [0.1, 0.15) is 58.3 Å². The van der Waals surface area contributed by atoms with Crippen molar-refractivity contribution in [2.45, 2.75) is 63.8 Å². The fourth-order valence-electron chi connectivity index (χ4n) is 2.43. The lowest BCUT2D eigenvalue weighted by molar-refractivity contribution is 0.230. The van der Waals surface area contributed by atoms with E-state index >= 15 is 0 Å². The third-order valence-electron chi connectivity index (χ3n) is 3.64. The monoisotopic (exact) mass is 254 g/mol. The second-order valence-corrected chi connectivity index (χ2v) is 5.14. The van der Waals surface area contributed by atoms with Crippen LogP contribution < -0.4 is 16.4 Å². The molecular formula is C13H26N4O. The predicted molar refractivity (Wildman–Crippen MR) is 73.8 cm³/mol. The van der Waals surface area contributed by atoms with E-state index in [2.05, 4.69) is 17.6 Å². The maximum atomic E-state index is 11.8. The molecular weight excluding hydrogens is 228 g/mol. The molecule has 1 fully saturated rings. The number of nitrogens with one attached hydrogen (secondary N) is 3. The van der Waals surface area contributed by atoms with Crippen LogP contribution in [0.5, 0.6) is 0 Å². The van der Waals surface area contributed by atoms with E-state index in [1.54, 1.807) is 0 Å². The van der Waals surface area contributed by atoms with Gasteiger partial charge in [-0.1, -0.05) is 39.0 Å². The summed E-state index contributed by atoms with van der Waals surface area (Å²) in [4.78, 5) is 11.8. The summed E-state index contributed by atoms with van der Waals surface area (Å²) in [5.74, 6) is 0.0926. The van der Waals surface area contributed by atoms with Crippen molar-refractivity contribution < 1.29 is 4.79 Å². The number of carbonyl (C=O) groups is 1. The van der Waals surface area contributed by atoms with E-state index in [1.165, 1.54) is 0 Å². The van der Waals surface area contributed by atoms with Crippen LogP contribution >= 0.6 is 0 Å². The Labute approximate surface area is 109 Å². The first-order valence-electron chi connectivity index (χ1n) is 7.01. The van der Waals surface area contributed by atoms with E-state index in [4.69, 9.17) is 11.1 Å². The van der Waals surface area contributed by atoms with Crippen molar-refractivity contribution in [3.63, 3.8) is 0 Å². The smallest absolute Gasteiger partial charge is 0.315 e. The standard InChI is InChI=1S/C13H26N4O/c1-2-3-10-16-12(18)17-13(11(14)15)8-6-4-5-7-9-13/h2-10H2,1H3,(H3,14,15)(H2,16,17,18). The van der Waals surface area contributed by atoms with Gasteiger partial charge in [0.25, 0.3) is 0 Å². The molecule has 0 saturated heterocycles. The topological polar surface area (TPSA) is 91.0 Å². The zero-order valence-electron chi connectivity index (χ0n) is 11.3. The highest BCUT2D eigenvalue weighted by Gasteiger charge is 2.35. The van der Waals surface area contributed by atoms with Gasteiger partial charge >= 0.3 is 6.03 Å². The van der Waals surface area contributed by atoms with Crippen LogP contribution in [-0.4, -0.2) is 24.0 Å². The van der Waals surface area contributed by atoms with Gasteiger partial charge in [0.2, 0.25) is 0 Å². The molecule has 0 radical (unpaired) electrons. The average molecular weight is 254 g/mol. The van der Waals surface area contributed by atoms with Crippen molar-refractivity contribution >= 4 is 11.9 Å². The number of amides is 2. The fraction of sp³-hybridized carbons (Fsp3) is 0.846. The van der Waals surface area contributed by atoms with Gasteiger partial charge in [0.05, 0.1) is 5.54 Å². The Bertz CT molecular complexity index is 283. The molecule has 0 unspecified atom stereocenters. The Kier molecular flexibility index (Phi) is 5.95. The van der Waals surface area contributed by atoms with Gasteiger partial charge in [-0.3, -0.25) is 5.41 Å². The summed E-state index contributed by atoms with van der Waals surface area (Å²) in [7, 11) is 0. The summed E-state index contributed by atoms with van der Waals surface area (Å²) in [6.07, 6.45) is 7.96. The minimum absolute atomic E-state index is 0.0926. The number of nitrogens with two attached hydrogens (primary N) is 1. The molecule has 5 nitrogen and oxygen atoms in total. The molecule has 0 aromatic heterocycles. The van der Waals surface area contributed by atoms with E-state index in [-0.39, 0.29) is 11.9 Å². The first-order chi connectivity index (χ1) is 8.60. The molecule has 1 aliphatic carbocycles. The number of hydrogen-bond acceptors (Lipinski definition) is 2. The number of hydrogen-bond donors (Lipinski definition) is 4. The van der Waals surface area contributed by atoms with Crippen molar-refractivity contribution in [3.8, 4) is 0 Å². The molecule has 0 aromatic carbocycles. The quantitative estimate of drug-likeness (QED) is 0.262. The van der Waals surface area contributed by atoms with Gasteiger partial charge in [-0.2, -0.15) is 0 Å². The van der Waals surface area contributed by atoms with Crippen molar-refractivity contribution in [1.29, 1.82) is 5.41 Å². The first-order valence-corrected chi connectivity index (χ1v) is 7.01. The predicted octanol–water partition coefficient (Wildman–Crippen LogP) is 2.11. The Morgan fingerprint density at radius 3 is 2.39 bits per heavy atom. The highest BCUT2D eigenvalue weighted by molar-refractivity contribution is 5.91. The Balaban J connectivity index is 2.55. The van der Waals surface area contributed by atoms with Crippen LogP contribution in [0, 0.1) is 5.41 Å². The number of urea groups is 1. The van der Waals surface area contributed by atoms with Crippen LogP contribution in [0.2, 0.25) is 0 Å². The maximum absolute atomic E-state index is 11.8. The molecule has 104 valence electrons. The van der Waals surface area contributed by atoms with E-state index in [9.17, 15) is 4.79 Å². The fourth-order valence-corrected chi connectivity index (χ4v) is 2.43. The Morgan fingerprint density at radius 2 is 1.89 bits per heavy atom. The third-order valence-corrected chi connectivity index (χ3v) is 3.64. The summed E-state index contributed by atoms with van der Waals surface area (Å²) in [5.41, 5.74) is 5.10. The van der Waals surface area contributed by atoms with Crippen molar-refractivity contribution in [3.05, 3.63) is 0 Å². The molecule has 0 spiro atoms. The normalized spacial score (nSPS) is 18.7. The van der Waals surface area contributed by atoms with Gasteiger partial charge in [-0.05, 0) is 19.3 Å². The summed E-state index contributed by atoms with van der Waals surface area (Å²) in [6, 6.07) is -0.194. The Morgan fingerprint density at radius 1 is 1.28 bits per heavy atom. The average Bonchev–Trinajstić information content (AvgIpc) is 2.56. The highest BCUT2D eigenvalue weighted by atomic mass is 16.2. The lowest BCUT2D eigenvalue weighted by Gasteiger charge is -2.32. The number of unbranched alkanes of at least 4 members (excludes halogenated alkanes) is 1. The molecule has 5 N–H and O–H groups in total. The number of rotatable bonds is 5.